The third kappa shape index (κ3) is 5.51. The predicted octanol–water partition coefficient (Wildman–Crippen LogP) is 3.51. The Bertz CT molecular complexity index is 389. The molecule has 0 saturated carbocycles. The van der Waals surface area contributed by atoms with Gasteiger partial charge in [0.2, 0.25) is 0 Å². The molecule has 1 aliphatic heterocycles. The van der Waals surface area contributed by atoms with E-state index in [9.17, 15) is 0 Å². The lowest BCUT2D eigenvalue weighted by Crippen LogP contribution is -2.24. The Labute approximate surface area is 127 Å². The largest absolute Gasteiger partial charge is 0.310 e. The molecule has 3 nitrogen and oxygen atoms in total. The minimum absolute atomic E-state index is 0.702. The number of thiazole rings is 1. The standard InChI is InChI=1S/C16H29N3S/c1-13(2)9-17-10-16-18-15(12-20-16)11-19-7-4-5-14(3)6-8-19/h12-14,17H,4-11H2,1-3H3. The Kier molecular flexibility index (Phi) is 6.46. The first-order valence-corrected chi connectivity index (χ1v) is 8.88. The molecule has 1 saturated heterocycles. The lowest BCUT2D eigenvalue weighted by molar-refractivity contribution is 0.271. The zero-order valence-electron chi connectivity index (χ0n) is 13.2. The number of nitrogens with one attached hydrogen (secondary N) is 1. The van der Waals surface area contributed by atoms with E-state index in [4.69, 9.17) is 4.98 Å². The number of rotatable bonds is 6. The van der Waals surface area contributed by atoms with Gasteiger partial charge in [0.25, 0.3) is 0 Å². The van der Waals surface area contributed by atoms with Gasteiger partial charge in [0, 0.05) is 18.5 Å². The maximum atomic E-state index is 4.77. The van der Waals surface area contributed by atoms with E-state index in [1.807, 2.05) is 0 Å². The van der Waals surface area contributed by atoms with E-state index in [-0.39, 0.29) is 0 Å². The molecule has 1 atom stereocenters. The highest BCUT2D eigenvalue weighted by molar-refractivity contribution is 7.09. The minimum atomic E-state index is 0.702. The third-order valence-corrected chi connectivity index (χ3v) is 4.82. The van der Waals surface area contributed by atoms with Crippen LogP contribution >= 0.6 is 11.3 Å². The Balaban J connectivity index is 1.77. The van der Waals surface area contributed by atoms with Gasteiger partial charge in [-0.2, -0.15) is 0 Å². The Morgan fingerprint density at radius 1 is 1.40 bits per heavy atom. The molecule has 0 bridgehead atoms. The van der Waals surface area contributed by atoms with Crippen LogP contribution in [0.2, 0.25) is 0 Å². The van der Waals surface area contributed by atoms with Crippen LogP contribution in [0, 0.1) is 11.8 Å². The molecule has 0 aromatic carbocycles. The highest BCUT2D eigenvalue weighted by atomic mass is 32.1. The van der Waals surface area contributed by atoms with Crippen molar-refractivity contribution in [3.05, 3.63) is 16.1 Å². The van der Waals surface area contributed by atoms with Crippen molar-refractivity contribution in [2.75, 3.05) is 19.6 Å². The summed E-state index contributed by atoms with van der Waals surface area (Å²) in [6.45, 7) is 12.3. The van der Waals surface area contributed by atoms with Gasteiger partial charge in [-0.3, -0.25) is 4.90 Å². The van der Waals surface area contributed by atoms with Crippen molar-refractivity contribution in [1.29, 1.82) is 0 Å². The van der Waals surface area contributed by atoms with E-state index in [2.05, 4.69) is 36.4 Å². The lowest BCUT2D eigenvalue weighted by Gasteiger charge is -2.18. The first-order valence-electron chi connectivity index (χ1n) is 8.00. The van der Waals surface area contributed by atoms with Crippen molar-refractivity contribution in [2.24, 2.45) is 11.8 Å². The van der Waals surface area contributed by atoms with Crippen LogP contribution in [0.4, 0.5) is 0 Å². The highest BCUT2D eigenvalue weighted by Crippen LogP contribution is 2.19. The van der Waals surface area contributed by atoms with Crippen LogP contribution in [0.5, 0.6) is 0 Å². The first kappa shape index (κ1) is 15.9. The van der Waals surface area contributed by atoms with Gasteiger partial charge in [0.15, 0.2) is 0 Å². The fourth-order valence-electron chi connectivity index (χ4n) is 2.68. The number of aromatic nitrogens is 1. The number of nitrogens with zero attached hydrogens (tertiary/aromatic N) is 2. The van der Waals surface area contributed by atoms with Gasteiger partial charge < -0.3 is 5.32 Å². The average Bonchev–Trinajstić information content (AvgIpc) is 2.72. The molecule has 2 rings (SSSR count). The molecular formula is C16H29N3S. The van der Waals surface area contributed by atoms with E-state index >= 15 is 0 Å². The number of hydrogen-bond donors (Lipinski definition) is 1. The van der Waals surface area contributed by atoms with Gasteiger partial charge in [0.05, 0.1) is 5.69 Å². The highest BCUT2D eigenvalue weighted by Gasteiger charge is 2.15. The fourth-order valence-corrected chi connectivity index (χ4v) is 3.43. The van der Waals surface area contributed by atoms with Gasteiger partial charge in [-0.15, -0.1) is 11.3 Å². The van der Waals surface area contributed by atoms with Crippen molar-refractivity contribution >= 4 is 11.3 Å². The second-order valence-corrected chi connectivity index (χ2v) is 7.51. The summed E-state index contributed by atoms with van der Waals surface area (Å²) in [6, 6.07) is 0. The molecule has 20 heavy (non-hydrogen) atoms. The van der Waals surface area contributed by atoms with Crippen LogP contribution in [0.1, 0.15) is 50.7 Å². The molecule has 1 N–H and O–H groups in total. The predicted molar refractivity (Wildman–Crippen MR) is 87.0 cm³/mol. The van der Waals surface area contributed by atoms with E-state index < -0.39 is 0 Å². The Morgan fingerprint density at radius 3 is 3.05 bits per heavy atom. The van der Waals surface area contributed by atoms with Gasteiger partial charge in [0.1, 0.15) is 5.01 Å². The molecule has 2 heterocycles. The summed E-state index contributed by atoms with van der Waals surface area (Å²) in [7, 11) is 0. The van der Waals surface area contributed by atoms with Crippen LogP contribution in [0.25, 0.3) is 0 Å². The van der Waals surface area contributed by atoms with Gasteiger partial charge in [-0.1, -0.05) is 20.8 Å². The van der Waals surface area contributed by atoms with E-state index in [0.717, 1.165) is 25.6 Å². The third-order valence-electron chi connectivity index (χ3n) is 3.92. The molecule has 1 aromatic rings. The Hall–Kier alpha value is -0.450. The maximum absolute atomic E-state index is 4.77. The summed E-state index contributed by atoms with van der Waals surface area (Å²) >= 11 is 1.80. The second kappa shape index (κ2) is 8.11. The lowest BCUT2D eigenvalue weighted by atomic mass is 10.0. The van der Waals surface area contributed by atoms with E-state index in [0.29, 0.717) is 5.92 Å². The zero-order valence-corrected chi connectivity index (χ0v) is 14.0. The van der Waals surface area contributed by atoms with Crippen molar-refractivity contribution < 1.29 is 0 Å². The molecule has 1 aliphatic rings. The van der Waals surface area contributed by atoms with Crippen molar-refractivity contribution in [2.45, 2.75) is 53.1 Å². The van der Waals surface area contributed by atoms with Gasteiger partial charge in [-0.05, 0) is 50.7 Å². The monoisotopic (exact) mass is 295 g/mol. The molecule has 114 valence electrons. The number of hydrogen-bond acceptors (Lipinski definition) is 4. The van der Waals surface area contributed by atoms with Crippen LogP contribution in [-0.4, -0.2) is 29.5 Å². The molecule has 0 amide bonds. The summed E-state index contributed by atoms with van der Waals surface area (Å²) in [4.78, 5) is 7.34. The summed E-state index contributed by atoms with van der Waals surface area (Å²) in [5.41, 5.74) is 1.26. The molecular weight excluding hydrogens is 266 g/mol. The van der Waals surface area contributed by atoms with Crippen LogP contribution in [0.15, 0.2) is 5.38 Å². The zero-order chi connectivity index (χ0) is 14.4. The molecule has 0 aliphatic carbocycles. The van der Waals surface area contributed by atoms with Gasteiger partial charge >= 0.3 is 0 Å². The normalized spacial score (nSPS) is 21.3. The van der Waals surface area contributed by atoms with Crippen molar-refractivity contribution in [3.63, 3.8) is 0 Å². The molecule has 1 fully saturated rings. The van der Waals surface area contributed by atoms with E-state index in [1.54, 1.807) is 11.3 Å². The summed E-state index contributed by atoms with van der Waals surface area (Å²) in [5, 5.41) is 6.93. The summed E-state index contributed by atoms with van der Waals surface area (Å²) < 4.78 is 0. The average molecular weight is 295 g/mol. The minimum Gasteiger partial charge on any atom is -0.310 e. The van der Waals surface area contributed by atoms with Crippen molar-refractivity contribution in [3.8, 4) is 0 Å². The SMILES string of the molecule is CC(C)CNCc1nc(CN2CCCC(C)CC2)cs1. The van der Waals surface area contributed by atoms with Crippen LogP contribution in [0.3, 0.4) is 0 Å². The summed E-state index contributed by atoms with van der Waals surface area (Å²) in [5.74, 6) is 1.60. The molecule has 4 heteroatoms. The molecule has 1 unspecified atom stereocenters. The topological polar surface area (TPSA) is 28.2 Å². The second-order valence-electron chi connectivity index (χ2n) is 6.57. The molecule has 0 radical (unpaired) electrons. The molecule has 0 spiro atoms. The Morgan fingerprint density at radius 2 is 2.25 bits per heavy atom. The molecule has 1 aromatic heterocycles. The van der Waals surface area contributed by atoms with Crippen LogP contribution in [-0.2, 0) is 13.1 Å². The summed E-state index contributed by atoms with van der Waals surface area (Å²) in [6.07, 6.45) is 4.07. The smallest absolute Gasteiger partial charge is 0.107 e. The quantitative estimate of drug-likeness (QED) is 0.870. The van der Waals surface area contributed by atoms with E-state index in [1.165, 1.54) is 43.1 Å². The van der Waals surface area contributed by atoms with Crippen LogP contribution < -0.4 is 5.32 Å². The van der Waals surface area contributed by atoms with Gasteiger partial charge in [-0.25, -0.2) is 4.98 Å². The number of likely N-dealkylation sites (tertiary alicyclic amines) is 1. The first-order chi connectivity index (χ1) is 9.63. The van der Waals surface area contributed by atoms with Crippen molar-refractivity contribution in [1.82, 2.24) is 15.2 Å². The fraction of sp³-hybridized carbons (Fsp3) is 0.812. The maximum Gasteiger partial charge on any atom is 0.107 e.